The van der Waals surface area contributed by atoms with E-state index >= 15 is 0 Å². The van der Waals surface area contributed by atoms with Crippen LogP contribution in [-0.4, -0.2) is 19.9 Å². The fourth-order valence-corrected chi connectivity index (χ4v) is 2.92. The molecule has 3 nitrogen and oxygen atoms in total. The van der Waals surface area contributed by atoms with Crippen molar-refractivity contribution in [3.8, 4) is 0 Å². The van der Waals surface area contributed by atoms with Crippen LogP contribution in [0.25, 0.3) is 0 Å². The van der Waals surface area contributed by atoms with Gasteiger partial charge in [0, 0.05) is 5.75 Å². The van der Waals surface area contributed by atoms with Crippen molar-refractivity contribution >= 4 is 22.0 Å². The third kappa shape index (κ3) is 1.32. The molecule has 7 heavy (non-hydrogen) atoms. The van der Waals surface area contributed by atoms with Gasteiger partial charge in [0.1, 0.15) is 0 Å². The van der Waals surface area contributed by atoms with Gasteiger partial charge in [-0.05, 0) is 0 Å². The zero-order valence-electron chi connectivity index (χ0n) is 3.55. The minimum absolute atomic E-state index is 0.275. The molecular weight excluding hydrogens is 134 g/mol. The van der Waals surface area contributed by atoms with Crippen molar-refractivity contribution in [1.82, 2.24) is 4.13 Å². The van der Waals surface area contributed by atoms with E-state index in [1.54, 1.807) is 0 Å². The average molecular weight is 139 g/mol. The molecule has 0 amide bonds. The molecule has 0 aromatic carbocycles. The van der Waals surface area contributed by atoms with E-state index in [9.17, 15) is 8.42 Å². The minimum Gasteiger partial charge on any atom is -0.212 e. The lowest BCUT2D eigenvalue weighted by atomic mass is 11.0. The molecule has 0 aromatic rings. The molecule has 0 aliphatic carbocycles. The summed E-state index contributed by atoms with van der Waals surface area (Å²) < 4.78 is 22.9. The average Bonchev–Trinajstić information content (AvgIpc) is 1.84. The van der Waals surface area contributed by atoms with Gasteiger partial charge in [-0.25, -0.2) is 8.42 Å². The van der Waals surface area contributed by atoms with Crippen molar-refractivity contribution in [3.63, 3.8) is 0 Å². The van der Waals surface area contributed by atoms with Crippen LogP contribution >= 0.6 is 11.9 Å². The van der Waals surface area contributed by atoms with Crippen LogP contribution in [0.2, 0.25) is 0 Å². The SMILES string of the molecule is O=S1(=O)CCSN1. The first-order valence-corrected chi connectivity index (χ1v) is 4.46. The molecule has 1 saturated heterocycles. The van der Waals surface area contributed by atoms with Gasteiger partial charge in [-0.3, -0.25) is 0 Å². The Hall–Kier alpha value is 0.260. The normalized spacial score (nSPS) is 28.0. The molecule has 42 valence electrons. The summed E-state index contributed by atoms with van der Waals surface area (Å²) >= 11 is 1.24. The van der Waals surface area contributed by atoms with Crippen molar-refractivity contribution in [3.05, 3.63) is 0 Å². The Morgan fingerprint density at radius 2 is 2.29 bits per heavy atom. The lowest BCUT2D eigenvalue weighted by Gasteiger charge is -1.83. The van der Waals surface area contributed by atoms with Crippen LogP contribution in [0.1, 0.15) is 0 Å². The third-order valence-corrected chi connectivity index (χ3v) is 3.54. The monoisotopic (exact) mass is 139 g/mol. The summed E-state index contributed by atoms with van der Waals surface area (Å²) in [6.45, 7) is 0. The van der Waals surface area contributed by atoms with E-state index < -0.39 is 10.0 Å². The van der Waals surface area contributed by atoms with Gasteiger partial charge in [0.25, 0.3) is 0 Å². The zero-order valence-corrected chi connectivity index (χ0v) is 5.18. The van der Waals surface area contributed by atoms with Gasteiger partial charge in [0.2, 0.25) is 10.0 Å². The molecule has 1 aliphatic heterocycles. The largest absolute Gasteiger partial charge is 0.221 e. The van der Waals surface area contributed by atoms with E-state index in [0.29, 0.717) is 5.75 Å². The summed E-state index contributed by atoms with van der Waals surface area (Å²) in [4.78, 5) is 0. The van der Waals surface area contributed by atoms with Gasteiger partial charge in [-0.15, -0.1) is 0 Å². The lowest BCUT2D eigenvalue weighted by molar-refractivity contribution is 0.598. The smallest absolute Gasteiger partial charge is 0.212 e. The zero-order chi connectivity index (χ0) is 5.33. The van der Waals surface area contributed by atoms with Crippen molar-refractivity contribution in [1.29, 1.82) is 0 Å². The maximum Gasteiger partial charge on any atom is 0.221 e. The standard InChI is InChI=1S/C2H5NO2S2/c4-7(5)2-1-6-3-7/h3H,1-2H2. The number of hydrogen-bond acceptors (Lipinski definition) is 3. The third-order valence-electron chi connectivity index (χ3n) is 0.640. The maximum atomic E-state index is 10.3. The molecule has 1 N–H and O–H groups in total. The summed E-state index contributed by atoms with van der Waals surface area (Å²) in [7, 11) is -2.83. The molecule has 0 saturated carbocycles. The van der Waals surface area contributed by atoms with Gasteiger partial charge in [-0.1, -0.05) is 11.9 Å². The van der Waals surface area contributed by atoms with Gasteiger partial charge in [0.05, 0.1) is 5.75 Å². The van der Waals surface area contributed by atoms with Crippen LogP contribution in [0.3, 0.4) is 0 Å². The summed E-state index contributed by atoms with van der Waals surface area (Å²) in [6, 6.07) is 0. The van der Waals surface area contributed by atoms with E-state index in [1.165, 1.54) is 11.9 Å². The van der Waals surface area contributed by atoms with Crippen molar-refractivity contribution in [2.75, 3.05) is 11.5 Å². The fraction of sp³-hybridized carbons (Fsp3) is 1.00. The maximum absolute atomic E-state index is 10.3. The molecule has 1 fully saturated rings. The molecule has 1 heterocycles. The van der Waals surface area contributed by atoms with Crippen molar-refractivity contribution < 1.29 is 8.42 Å². The Balaban J connectivity index is 2.76. The molecule has 5 heteroatoms. The van der Waals surface area contributed by atoms with Gasteiger partial charge >= 0.3 is 0 Å². The predicted octanol–water partition coefficient (Wildman–Crippen LogP) is -0.432. The molecule has 0 spiro atoms. The summed E-state index contributed by atoms with van der Waals surface area (Å²) in [5.74, 6) is 0.958. The molecule has 1 aliphatic rings. The summed E-state index contributed by atoms with van der Waals surface area (Å²) in [5.41, 5.74) is 0. The van der Waals surface area contributed by atoms with Crippen molar-refractivity contribution in [2.45, 2.75) is 0 Å². The predicted molar refractivity (Wildman–Crippen MR) is 29.4 cm³/mol. The first-order valence-electron chi connectivity index (χ1n) is 1.82. The van der Waals surface area contributed by atoms with Gasteiger partial charge in [0.15, 0.2) is 0 Å². The number of sulfonamides is 1. The van der Waals surface area contributed by atoms with Crippen LogP contribution in [0.15, 0.2) is 0 Å². The molecule has 0 radical (unpaired) electrons. The van der Waals surface area contributed by atoms with Gasteiger partial charge < -0.3 is 0 Å². The second-order valence-electron chi connectivity index (χ2n) is 1.25. The fourth-order valence-electron chi connectivity index (χ4n) is 0.324. The first-order chi connectivity index (χ1) is 3.21. The van der Waals surface area contributed by atoms with E-state index in [4.69, 9.17) is 0 Å². The Labute approximate surface area is 46.7 Å². The van der Waals surface area contributed by atoms with Crippen molar-refractivity contribution in [2.24, 2.45) is 0 Å². The summed E-state index contributed by atoms with van der Waals surface area (Å²) in [6.07, 6.45) is 0. The Morgan fingerprint density at radius 1 is 1.57 bits per heavy atom. The molecule has 0 bridgehead atoms. The van der Waals surface area contributed by atoms with Crippen LogP contribution < -0.4 is 4.13 Å². The van der Waals surface area contributed by atoms with Crippen LogP contribution in [-0.2, 0) is 10.0 Å². The quantitative estimate of drug-likeness (QED) is 0.463. The topological polar surface area (TPSA) is 46.2 Å². The van der Waals surface area contributed by atoms with E-state index in [2.05, 4.69) is 4.13 Å². The first kappa shape index (κ1) is 5.40. The van der Waals surface area contributed by atoms with E-state index in [0.717, 1.165) is 0 Å². The number of rotatable bonds is 0. The molecular formula is C2H5NO2S2. The minimum atomic E-state index is -2.83. The van der Waals surface area contributed by atoms with Crippen LogP contribution in [0.4, 0.5) is 0 Å². The number of nitrogens with one attached hydrogen (secondary N) is 1. The molecule has 1 rings (SSSR count). The highest BCUT2D eigenvalue weighted by atomic mass is 32.3. The lowest BCUT2D eigenvalue weighted by Crippen LogP contribution is -2.10. The second-order valence-corrected chi connectivity index (χ2v) is 4.25. The Bertz CT molecular complexity index is 137. The highest BCUT2D eigenvalue weighted by molar-refractivity contribution is 8.12. The van der Waals surface area contributed by atoms with Crippen LogP contribution in [0, 0.1) is 0 Å². The highest BCUT2D eigenvalue weighted by Gasteiger charge is 2.15. The van der Waals surface area contributed by atoms with E-state index in [1.807, 2.05) is 0 Å². The summed E-state index contributed by atoms with van der Waals surface area (Å²) in [5, 5.41) is 0. The Morgan fingerprint density at radius 3 is 2.43 bits per heavy atom. The second kappa shape index (κ2) is 1.65. The Kier molecular flexibility index (Phi) is 1.27. The van der Waals surface area contributed by atoms with Gasteiger partial charge in [-0.2, -0.15) is 4.13 Å². The number of hydrogen-bond donors (Lipinski definition) is 1. The molecule has 0 unspecified atom stereocenters. The van der Waals surface area contributed by atoms with Crippen LogP contribution in [0.5, 0.6) is 0 Å². The molecule has 0 aromatic heterocycles. The highest BCUT2D eigenvalue weighted by Crippen LogP contribution is 2.06. The molecule has 0 atom stereocenters. The van der Waals surface area contributed by atoms with E-state index in [-0.39, 0.29) is 5.75 Å².